The van der Waals surface area contributed by atoms with E-state index in [4.69, 9.17) is 21.6 Å². The van der Waals surface area contributed by atoms with Gasteiger partial charge >= 0.3 is 5.69 Å². The van der Waals surface area contributed by atoms with Crippen LogP contribution in [-0.2, 0) is 17.9 Å². The van der Waals surface area contributed by atoms with Gasteiger partial charge in [0.2, 0.25) is 5.15 Å². The minimum absolute atomic E-state index is 0.00951. The summed E-state index contributed by atoms with van der Waals surface area (Å²) in [6.07, 6.45) is 0.185. The molecule has 0 atom stereocenters. The summed E-state index contributed by atoms with van der Waals surface area (Å²) in [4.78, 5) is 10.1. The summed E-state index contributed by atoms with van der Waals surface area (Å²) < 4.78 is 6.02. The SMILES string of the molecule is COCc1nn(CCC#N)c(Cl)c1[N+](=O)[O-]. The van der Waals surface area contributed by atoms with Crippen LogP contribution in [0.5, 0.6) is 0 Å². The molecule has 8 heteroatoms. The van der Waals surface area contributed by atoms with Crippen LogP contribution in [0.4, 0.5) is 5.69 Å². The average molecular weight is 245 g/mol. The molecule has 0 unspecified atom stereocenters. The van der Waals surface area contributed by atoms with Crippen LogP contribution < -0.4 is 0 Å². The quantitative estimate of drug-likeness (QED) is 0.578. The standard InChI is InChI=1S/C8H9ClN4O3/c1-16-5-6-7(13(14)15)8(9)12(11-6)4-2-3-10/h2,4-5H2,1H3. The van der Waals surface area contributed by atoms with Crippen LogP contribution >= 0.6 is 11.6 Å². The molecular weight excluding hydrogens is 236 g/mol. The van der Waals surface area contributed by atoms with Crippen molar-refractivity contribution >= 4 is 17.3 Å². The first-order valence-electron chi connectivity index (χ1n) is 4.37. The molecule has 0 saturated carbocycles. The lowest BCUT2D eigenvalue weighted by Gasteiger charge is -1.95. The van der Waals surface area contributed by atoms with Crippen LogP contribution in [0.2, 0.25) is 5.15 Å². The fraction of sp³-hybridized carbons (Fsp3) is 0.500. The maximum atomic E-state index is 10.8. The molecule has 0 bridgehead atoms. The average Bonchev–Trinajstić information content (AvgIpc) is 2.53. The summed E-state index contributed by atoms with van der Waals surface area (Å²) in [5.74, 6) is 0. The third kappa shape index (κ3) is 2.48. The molecule has 0 aliphatic rings. The Labute approximate surface area is 96.3 Å². The van der Waals surface area contributed by atoms with E-state index in [1.54, 1.807) is 0 Å². The number of hydrogen-bond donors (Lipinski definition) is 0. The monoisotopic (exact) mass is 244 g/mol. The van der Waals surface area contributed by atoms with Gasteiger partial charge in [-0.25, -0.2) is 4.68 Å². The van der Waals surface area contributed by atoms with Gasteiger partial charge in [0.1, 0.15) is 0 Å². The molecule has 7 nitrogen and oxygen atoms in total. The Hall–Kier alpha value is -1.65. The van der Waals surface area contributed by atoms with Gasteiger partial charge in [-0.15, -0.1) is 0 Å². The van der Waals surface area contributed by atoms with Gasteiger partial charge in [-0.2, -0.15) is 10.4 Å². The number of nitro groups is 1. The van der Waals surface area contributed by atoms with E-state index in [-0.39, 0.29) is 36.1 Å². The molecule has 0 N–H and O–H groups in total. The molecule has 0 aliphatic carbocycles. The van der Waals surface area contributed by atoms with Gasteiger partial charge in [0.25, 0.3) is 0 Å². The highest BCUT2D eigenvalue weighted by molar-refractivity contribution is 6.31. The number of aryl methyl sites for hydroxylation is 1. The highest BCUT2D eigenvalue weighted by Crippen LogP contribution is 2.28. The number of aromatic nitrogens is 2. The minimum Gasteiger partial charge on any atom is -0.378 e. The molecule has 16 heavy (non-hydrogen) atoms. The first kappa shape index (κ1) is 12.4. The van der Waals surface area contributed by atoms with E-state index in [0.29, 0.717) is 0 Å². The van der Waals surface area contributed by atoms with Gasteiger partial charge in [-0.1, -0.05) is 11.6 Å². The summed E-state index contributed by atoms with van der Waals surface area (Å²) in [6.45, 7) is 0.232. The predicted molar refractivity (Wildman–Crippen MR) is 54.8 cm³/mol. The lowest BCUT2D eigenvalue weighted by Crippen LogP contribution is -2.00. The lowest BCUT2D eigenvalue weighted by molar-refractivity contribution is -0.385. The molecule has 0 aromatic carbocycles. The van der Waals surface area contributed by atoms with Crippen LogP contribution in [0.1, 0.15) is 12.1 Å². The number of rotatable bonds is 5. The van der Waals surface area contributed by atoms with Crippen LogP contribution in [0.15, 0.2) is 0 Å². The minimum atomic E-state index is -0.605. The van der Waals surface area contributed by atoms with Crippen molar-refractivity contribution in [3.05, 3.63) is 21.0 Å². The van der Waals surface area contributed by atoms with Crippen molar-refractivity contribution in [2.24, 2.45) is 0 Å². The first-order valence-corrected chi connectivity index (χ1v) is 4.75. The smallest absolute Gasteiger partial charge is 0.331 e. The maximum absolute atomic E-state index is 10.8. The fourth-order valence-electron chi connectivity index (χ4n) is 1.20. The third-order valence-electron chi connectivity index (χ3n) is 1.84. The topological polar surface area (TPSA) is 94.0 Å². The van der Waals surface area contributed by atoms with Crippen LogP contribution in [-0.4, -0.2) is 21.8 Å². The fourth-order valence-corrected chi connectivity index (χ4v) is 1.50. The molecule has 0 aliphatic heterocycles. The van der Waals surface area contributed by atoms with Crippen LogP contribution in [0, 0.1) is 21.4 Å². The molecule has 0 radical (unpaired) electrons. The predicted octanol–water partition coefficient (Wildman–Crippen LogP) is 1.50. The van der Waals surface area contributed by atoms with Crippen molar-refractivity contribution in [3.63, 3.8) is 0 Å². The van der Waals surface area contributed by atoms with Gasteiger partial charge < -0.3 is 4.74 Å². The van der Waals surface area contributed by atoms with E-state index < -0.39 is 4.92 Å². The molecule has 86 valence electrons. The second-order valence-electron chi connectivity index (χ2n) is 2.91. The van der Waals surface area contributed by atoms with E-state index in [2.05, 4.69) is 5.10 Å². The Kier molecular flexibility index (Phi) is 4.22. The van der Waals surface area contributed by atoms with E-state index in [0.717, 1.165) is 0 Å². The molecule has 1 aromatic heterocycles. The lowest BCUT2D eigenvalue weighted by atomic mass is 10.4. The second kappa shape index (κ2) is 5.44. The highest BCUT2D eigenvalue weighted by Gasteiger charge is 2.26. The van der Waals surface area contributed by atoms with Gasteiger partial charge in [0, 0.05) is 7.11 Å². The molecule has 1 rings (SSSR count). The Morgan fingerprint density at radius 3 is 2.94 bits per heavy atom. The van der Waals surface area contributed by atoms with Crippen molar-refractivity contribution in [1.82, 2.24) is 9.78 Å². The van der Waals surface area contributed by atoms with Gasteiger partial charge in [0.05, 0.1) is 30.6 Å². The summed E-state index contributed by atoms with van der Waals surface area (Å²) in [6, 6.07) is 1.91. The summed E-state index contributed by atoms with van der Waals surface area (Å²) in [7, 11) is 1.41. The zero-order valence-electron chi connectivity index (χ0n) is 8.51. The highest BCUT2D eigenvalue weighted by atomic mass is 35.5. The normalized spacial score (nSPS) is 10.1. The molecule has 0 saturated heterocycles. The first-order chi connectivity index (χ1) is 7.61. The number of nitriles is 1. The molecule has 0 amide bonds. The van der Waals surface area contributed by atoms with Gasteiger partial charge in [-0.05, 0) is 0 Å². The zero-order chi connectivity index (χ0) is 12.1. The Morgan fingerprint density at radius 1 is 1.75 bits per heavy atom. The summed E-state index contributed by atoms with van der Waals surface area (Å²) in [5.41, 5.74) is -0.100. The number of ether oxygens (including phenoxy) is 1. The number of halogens is 1. The third-order valence-corrected chi connectivity index (χ3v) is 2.21. The molecule has 1 heterocycles. The number of methoxy groups -OCH3 is 1. The van der Waals surface area contributed by atoms with Crippen molar-refractivity contribution in [2.75, 3.05) is 7.11 Å². The van der Waals surface area contributed by atoms with Gasteiger partial charge in [0.15, 0.2) is 5.69 Å². The van der Waals surface area contributed by atoms with E-state index >= 15 is 0 Å². The second-order valence-corrected chi connectivity index (χ2v) is 3.27. The Balaban J connectivity index is 3.09. The van der Waals surface area contributed by atoms with E-state index in [1.165, 1.54) is 11.8 Å². The summed E-state index contributed by atoms with van der Waals surface area (Å²) in [5, 5.41) is 23.0. The van der Waals surface area contributed by atoms with Crippen molar-refractivity contribution in [1.29, 1.82) is 5.26 Å². The van der Waals surface area contributed by atoms with Crippen molar-refractivity contribution in [2.45, 2.75) is 19.6 Å². The zero-order valence-corrected chi connectivity index (χ0v) is 9.27. The summed E-state index contributed by atoms with van der Waals surface area (Å²) >= 11 is 5.79. The maximum Gasteiger partial charge on any atom is 0.331 e. The molecule has 0 spiro atoms. The van der Waals surface area contributed by atoms with Crippen LogP contribution in [0.3, 0.4) is 0 Å². The van der Waals surface area contributed by atoms with Crippen molar-refractivity contribution < 1.29 is 9.66 Å². The number of nitrogens with zero attached hydrogens (tertiary/aromatic N) is 4. The van der Waals surface area contributed by atoms with E-state index in [9.17, 15) is 10.1 Å². The molecular formula is C8H9ClN4O3. The number of hydrogen-bond acceptors (Lipinski definition) is 5. The Morgan fingerprint density at radius 2 is 2.44 bits per heavy atom. The largest absolute Gasteiger partial charge is 0.378 e. The Bertz CT molecular complexity index is 437. The van der Waals surface area contributed by atoms with Crippen LogP contribution in [0.25, 0.3) is 0 Å². The van der Waals surface area contributed by atoms with Crippen molar-refractivity contribution in [3.8, 4) is 6.07 Å². The van der Waals surface area contributed by atoms with E-state index in [1.807, 2.05) is 6.07 Å². The molecule has 0 fully saturated rings. The molecule has 1 aromatic rings. The van der Waals surface area contributed by atoms with Gasteiger partial charge in [-0.3, -0.25) is 10.1 Å².